The Balaban J connectivity index is 1.89. The Bertz CT molecular complexity index is 931. The average Bonchev–Trinajstić information content (AvgIpc) is 2.76. The van der Waals surface area contributed by atoms with Crippen LogP contribution in [0.25, 0.3) is 0 Å². The van der Waals surface area contributed by atoms with Crippen molar-refractivity contribution in [2.24, 2.45) is 16.2 Å². The minimum atomic E-state index is -3.97. The fourth-order valence-corrected chi connectivity index (χ4v) is 4.14. The second-order valence-corrected chi connectivity index (χ2v) is 9.02. The number of nitrogens with zero attached hydrogens (tertiary/aromatic N) is 1. The van der Waals surface area contributed by atoms with Crippen molar-refractivity contribution >= 4 is 28.2 Å². The average molecular weight is 448 g/mol. The zero-order valence-electron chi connectivity index (χ0n) is 17.9. The first-order chi connectivity index (χ1) is 14.8. The lowest BCUT2D eigenvalue weighted by atomic mass is 9.80. The predicted molar refractivity (Wildman–Crippen MR) is 118 cm³/mol. The van der Waals surface area contributed by atoms with E-state index in [-0.39, 0.29) is 35.9 Å². The summed E-state index contributed by atoms with van der Waals surface area (Å²) in [5, 5.41) is 0. The second-order valence-electron chi connectivity index (χ2n) is 7.39. The number of carbonyl (C=O) groups excluding carboxylic acids is 2. The van der Waals surface area contributed by atoms with Crippen LogP contribution in [0.5, 0.6) is 0 Å². The summed E-state index contributed by atoms with van der Waals surface area (Å²) in [5.41, 5.74) is 0.914. The number of esters is 2. The van der Waals surface area contributed by atoms with Gasteiger partial charge in [-0.15, -0.1) is 0 Å². The molecule has 1 aliphatic carbocycles. The minimum Gasteiger partial charge on any atom is -0.461 e. The first-order valence-corrected chi connectivity index (χ1v) is 11.8. The lowest BCUT2D eigenvalue weighted by molar-refractivity contribution is -0.153. The van der Waals surface area contributed by atoms with Crippen LogP contribution in [0.1, 0.15) is 38.2 Å². The summed E-state index contributed by atoms with van der Waals surface area (Å²) in [4.78, 5) is 24.4. The molecule has 1 fully saturated rings. The second kappa shape index (κ2) is 12.2. The van der Waals surface area contributed by atoms with Crippen LogP contribution in [0.3, 0.4) is 0 Å². The van der Waals surface area contributed by atoms with E-state index in [1.165, 1.54) is 12.1 Å². The lowest BCUT2D eigenvalue weighted by Gasteiger charge is -2.29. The van der Waals surface area contributed by atoms with Crippen molar-refractivity contribution in [3.05, 3.63) is 54.1 Å². The van der Waals surface area contributed by atoms with Crippen molar-refractivity contribution in [3.63, 3.8) is 0 Å². The highest BCUT2D eigenvalue weighted by molar-refractivity contribution is 7.90. The van der Waals surface area contributed by atoms with Crippen molar-refractivity contribution in [1.82, 2.24) is 0 Å². The smallest absolute Gasteiger partial charge is 0.350 e. The predicted octanol–water partition coefficient (Wildman–Crippen LogP) is 3.78. The van der Waals surface area contributed by atoms with Gasteiger partial charge in [0.2, 0.25) is 0 Å². The van der Waals surface area contributed by atoms with Crippen molar-refractivity contribution in [2.45, 2.75) is 44.4 Å². The maximum absolute atomic E-state index is 12.4. The molecule has 0 amide bonds. The van der Waals surface area contributed by atoms with Crippen molar-refractivity contribution < 1.29 is 27.5 Å². The molecule has 0 saturated heterocycles. The molecule has 2 rings (SSSR count). The fraction of sp³-hybridized carbons (Fsp3) is 0.435. The van der Waals surface area contributed by atoms with Gasteiger partial charge in [0.15, 0.2) is 0 Å². The number of carbonyl (C=O) groups is 2. The molecule has 7 nitrogen and oxygen atoms in total. The number of rotatable bonds is 9. The van der Waals surface area contributed by atoms with E-state index in [1.807, 2.05) is 26.0 Å². The molecule has 1 aromatic carbocycles. The van der Waals surface area contributed by atoms with E-state index in [2.05, 4.69) is 4.40 Å². The number of hydrogen-bond acceptors (Lipinski definition) is 6. The Morgan fingerprint density at radius 2 is 1.81 bits per heavy atom. The van der Waals surface area contributed by atoms with Gasteiger partial charge in [-0.25, -0.2) is 4.79 Å². The first kappa shape index (κ1) is 24.5. The van der Waals surface area contributed by atoms with Crippen LogP contribution in [0.15, 0.2) is 57.9 Å². The minimum absolute atomic E-state index is 0.000664. The molecule has 1 aliphatic rings. The summed E-state index contributed by atoms with van der Waals surface area (Å²) in [6.45, 7) is 3.94. The van der Waals surface area contributed by atoms with E-state index in [1.54, 1.807) is 24.3 Å². The van der Waals surface area contributed by atoms with Crippen molar-refractivity contribution in [2.75, 3.05) is 13.2 Å². The molecular weight excluding hydrogens is 418 g/mol. The van der Waals surface area contributed by atoms with Gasteiger partial charge < -0.3 is 9.47 Å². The third kappa shape index (κ3) is 8.13. The topological polar surface area (TPSA) is 99.1 Å². The van der Waals surface area contributed by atoms with E-state index in [0.717, 1.165) is 24.8 Å². The zero-order valence-corrected chi connectivity index (χ0v) is 18.7. The van der Waals surface area contributed by atoms with Gasteiger partial charge >= 0.3 is 11.9 Å². The Morgan fingerprint density at radius 3 is 2.52 bits per heavy atom. The van der Waals surface area contributed by atoms with Gasteiger partial charge in [-0.1, -0.05) is 48.8 Å². The van der Waals surface area contributed by atoms with E-state index >= 15 is 0 Å². The maximum atomic E-state index is 12.4. The van der Waals surface area contributed by atoms with Crippen LogP contribution in [-0.4, -0.2) is 39.8 Å². The molecule has 0 heterocycles. The van der Waals surface area contributed by atoms with Crippen LogP contribution in [0.2, 0.25) is 0 Å². The van der Waals surface area contributed by atoms with Gasteiger partial charge in [0.05, 0.1) is 17.4 Å². The molecule has 168 valence electrons. The van der Waals surface area contributed by atoms with Gasteiger partial charge in [-0.3, -0.25) is 4.79 Å². The number of sulfonamides is 1. The molecule has 0 unspecified atom stereocenters. The largest absolute Gasteiger partial charge is 0.461 e. The van der Waals surface area contributed by atoms with Crippen LogP contribution < -0.4 is 0 Å². The highest BCUT2D eigenvalue weighted by Gasteiger charge is 2.32. The third-order valence-electron chi connectivity index (χ3n) is 5.03. The molecule has 0 bridgehead atoms. The normalized spacial score (nSPS) is 19.8. The number of aryl methyl sites for hydroxylation is 1. The highest BCUT2D eigenvalue weighted by Crippen LogP contribution is 2.31. The monoisotopic (exact) mass is 447 g/mol. The number of hydrogen-bond donors (Lipinski definition) is 0. The number of benzene rings is 1. The van der Waals surface area contributed by atoms with Crippen LogP contribution >= 0.6 is 0 Å². The Kier molecular flexibility index (Phi) is 9.65. The summed E-state index contributed by atoms with van der Waals surface area (Å²) >= 11 is 0. The molecule has 0 aromatic heterocycles. The van der Waals surface area contributed by atoms with E-state index in [4.69, 9.17) is 9.47 Å². The van der Waals surface area contributed by atoms with Crippen LogP contribution in [0, 0.1) is 18.8 Å². The summed E-state index contributed by atoms with van der Waals surface area (Å²) in [7, 11) is -3.97. The first-order valence-electron chi connectivity index (χ1n) is 10.3. The van der Waals surface area contributed by atoms with Gasteiger partial charge in [-0.2, -0.15) is 12.8 Å². The van der Waals surface area contributed by atoms with E-state index in [0.29, 0.717) is 12.6 Å². The molecule has 1 saturated carbocycles. The summed E-state index contributed by atoms with van der Waals surface area (Å²) < 4.78 is 38.3. The number of ether oxygens (including phenoxy) is 2. The van der Waals surface area contributed by atoms with Crippen molar-refractivity contribution in [3.8, 4) is 0 Å². The quantitative estimate of drug-likeness (QED) is 0.324. The van der Waals surface area contributed by atoms with Crippen molar-refractivity contribution in [1.29, 1.82) is 0 Å². The Hall–Kier alpha value is -2.74. The lowest BCUT2D eigenvalue weighted by Crippen LogP contribution is -2.32. The summed E-state index contributed by atoms with van der Waals surface area (Å²) in [5.74, 6) is -1.67. The third-order valence-corrected chi connectivity index (χ3v) is 6.28. The van der Waals surface area contributed by atoms with Gasteiger partial charge in [0, 0.05) is 5.92 Å². The molecule has 8 heteroatoms. The summed E-state index contributed by atoms with van der Waals surface area (Å²) in [6.07, 6.45) is 11.2. The zero-order chi connectivity index (χ0) is 22.7. The molecule has 0 aliphatic heterocycles. The molecule has 0 spiro atoms. The molecule has 2 atom stereocenters. The summed E-state index contributed by atoms with van der Waals surface area (Å²) in [6, 6.07) is 6.16. The SMILES string of the molecule is C/C=C/C=C/COC(=O)[C@@H]1CCCC[C@H]1COC(=O)/C=N/S(=O)(=O)c1ccc(C)cc1. The highest BCUT2D eigenvalue weighted by atomic mass is 32.2. The van der Waals surface area contributed by atoms with Crippen LogP contribution in [-0.2, 0) is 29.1 Å². The fourth-order valence-electron chi connectivity index (χ4n) is 3.31. The Morgan fingerprint density at radius 1 is 1.10 bits per heavy atom. The van der Waals surface area contributed by atoms with Gasteiger partial charge in [-0.05, 0) is 44.9 Å². The molecule has 0 radical (unpaired) electrons. The maximum Gasteiger partial charge on any atom is 0.350 e. The Labute approximate surface area is 183 Å². The van der Waals surface area contributed by atoms with E-state index in [9.17, 15) is 18.0 Å². The molecule has 1 aromatic rings. The van der Waals surface area contributed by atoms with Crippen LogP contribution in [0.4, 0.5) is 0 Å². The number of allylic oxidation sites excluding steroid dienone is 3. The molecular formula is C23H29NO6S. The molecule has 31 heavy (non-hydrogen) atoms. The van der Waals surface area contributed by atoms with E-state index < -0.39 is 16.0 Å². The van der Waals surface area contributed by atoms with Gasteiger partial charge in [0.25, 0.3) is 10.0 Å². The van der Waals surface area contributed by atoms with Gasteiger partial charge in [0.1, 0.15) is 12.8 Å². The molecule has 0 N–H and O–H groups in total. The standard InChI is InChI=1S/C23H29NO6S/c1-3-4-5-8-15-29-23(26)21-10-7-6-9-19(21)17-30-22(25)16-24-31(27,28)20-13-11-18(2)12-14-20/h3-5,8,11-14,16,19,21H,6-7,9-10,15,17H2,1-2H3/b4-3+,8-5+,24-16+/t19-,21+/m0/s1.